The molecule has 3 N–H and O–H groups in total. The van der Waals surface area contributed by atoms with Gasteiger partial charge in [-0.3, -0.25) is 9.69 Å². The number of nitrogens with zero attached hydrogens (tertiary/aromatic N) is 1. The second-order valence-corrected chi connectivity index (χ2v) is 5.77. The minimum atomic E-state index is -0.402. The smallest absolute Gasteiger partial charge is 0.236 e. The standard InChI is InChI=1S/C16H27N3O2/c1-2-3-7-13(17)16(20)18-12-14(15-8-6-11-21-15)19-9-4-5-10-19/h6,8,11,13-14H,2-5,7,9-10,12,17H2,1H3,(H,18,20)/t13-,14?/m0/s1. The van der Waals surface area contributed by atoms with Gasteiger partial charge in [-0.2, -0.15) is 0 Å². The molecule has 1 aliphatic rings. The van der Waals surface area contributed by atoms with Crippen molar-refractivity contribution in [1.29, 1.82) is 0 Å². The molecule has 2 atom stereocenters. The number of nitrogens with one attached hydrogen (secondary N) is 1. The van der Waals surface area contributed by atoms with Crippen LogP contribution >= 0.6 is 0 Å². The average molecular weight is 293 g/mol. The third-order valence-corrected chi connectivity index (χ3v) is 4.13. The molecule has 1 saturated heterocycles. The summed E-state index contributed by atoms with van der Waals surface area (Å²) in [7, 11) is 0. The van der Waals surface area contributed by atoms with Gasteiger partial charge in [0.25, 0.3) is 0 Å². The fourth-order valence-electron chi connectivity index (χ4n) is 2.83. The molecule has 1 fully saturated rings. The van der Waals surface area contributed by atoms with Crippen LogP contribution in [0.1, 0.15) is 50.8 Å². The lowest BCUT2D eigenvalue weighted by molar-refractivity contribution is -0.122. The number of likely N-dealkylation sites (tertiary alicyclic amines) is 1. The van der Waals surface area contributed by atoms with E-state index in [0.717, 1.165) is 38.1 Å². The molecule has 5 nitrogen and oxygen atoms in total. The first-order chi connectivity index (χ1) is 10.2. The monoisotopic (exact) mass is 293 g/mol. The molecule has 5 heteroatoms. The Morgan fingerprint density at radius 2 is 2.24 bits per heavy atom. The Morgan fingerprint density at radius 1 is 1.48 bits per heavy atom. The van der Waals surface area contributed by atoms with E-state index in [1.54, 1.807) is 6.26 Å². The number of nitrogens with two attached hydrogens (primary N) is 1. The van der Waals surface area contributed by atoms with Crippen LogP contribution < -0.4 is 11.1 Å². The largest absolute Gasteiger partial charge is 0.468 e. The van der Waals surface area contributed by atoms with E-state index in [9.17, 15) is 4.79 Å². The van der Waals surface area contributed by atoms with Gasteiger partial charge in [-0.05, 0) is 44.5 Å². The lowest BCUT2D eigenvalue weighted by atomic mass is 10.1. The average Bonchev–Trinajstić information content (AvgIpc) is 3.18. The molecular formula is C16H27N3O2. The third kappa shape index (κ3) is 4.58. The van der Waals surface area contributed by atoms with Crippen molar-refractivity contribution in [3.8, 4) is 0 Å². The van der Waals surface area contributed by atoms with E-state index >= 15 is 0 Å². The number of hydrogen-bond acceptors (Lipinski definition) is 4. The molecule has 0 spiro atoms. The van der Waals surface area contributed by atoms with E-state index in [0.29, 0.717) is 6.54 Å². The summed E-state index contributed by atoms with van der Waals surface area (Å²) in [6, 6.07) is 3.59. The van der Waals surface area contributed by atoms with Crippen molar-refractivity contribution in [3.63, 3.8) is 0 Å². The zero-order valence-electron chi connectivity index (χ0n) is 12.9. The Bertz CT molecular complexity index is 413. The molecular weight excluding hydrogens is 266 g/mol. The Morgan fingerprint density at radius 3 is 2.86 bits per heavy atom. The maximum Gasteiger partial charge on any atom is 0.236 e. The summed E-state index contributed by atoms with van der Waals surface area (Å²) < 4.78 is 5.54. The van der Waals surface area contributed by atoms with Crippen LogP contribution in [0.15, 0.2) is 22.8 Å². The van der Waals surface area contributed by atoms with Crippen molar-refractivity contribution in [2.24, 2.45) is 5.73 Å². The number of rotatable bonds is 8. The van der Waals surface area contributed by atoms with Crippen molar-refractivity contribution in [1.82, 2.24) is 10.2 Å². The molecule has 1 amide bonds. The molecule has 2 heterocycles. The quantitative estimate of drug-likeness (QED) is 0.769. The molecule has 21 heavy (non-hydrogen) atoms. The van der Waals surface area contributed by atoms with Crippen LogP contribution in [0, 0.1) is 0 Å². The van der Waals surface area contributed by atoms with E-state index in [-0.39, 0.29) is 11.9 Å². The molecule has 2 rings (SSSR count). The van der Waals surface area contributed by atoms with Crippen molar-refractivity contribution in [3.05, 3.63) is 24.2 Å². The molecule has 0 aromatic carbocycles. The highest BCUT2D eigenvalue weighted by Gasteiger charge is 2.26. The van der Waals surface area contributed by atoms with E-state index < -0.39 is 6.04 Å². The van der Waals surface area contributed by atoms with Crippen LogP contribution in [0.2, 0.25) is 0 Å². The molecule has 1 unspecified atom stereocenters. The number of unbranched alkanes of at least 4 members (excludes halogenated alkanes) is 1. The fourth-order valence-corrected chi connectivity index (χ4v) is 2.83. The number of carbonyl (C=O) groups is 1. The molecule has 118 valence electrons. The predicted molar refractivity (Wildman–Crippen MR) is 82.8 cm³/mol. The topological polar surface area (TPSA) is 71.5 Å². The lowest BCUT2D eigenvalue weighted by Crippen LogP contribution is -2.44. The lowest BCUT2D eigenvalue weighted by Gasteiger charge is -2.26. The predicted octanol–water partition coefficient (Wildman–Crippen LogP) is 2.05. The van der Waals surface area contributed by atoms with Gasteiger partial charge in [0.1, 0.15) is 5.76 Å². The van der Waals surface area contributed by atoms with Crippen molar-refractivity contribution >= 4 is 5.91 Å². The van der Waals surface area contributed by atoms with E-state index in [2.05, 4.69) is 17.1 Å². The fraction of sp³-hybridized carbons (Fsp3) is 0.688. The highest BCUT2D eigenvalue weighted by molar-refractivity contribution is 5.81. The molecule has 0 aliphatic carbocycles. The van der Waals surface area contributed by atoms with Crippen LogP contribution in [0.4, 0.5) is 0 Å². The summed E-state index contributed by atoms with van der Waals surface area (Å²) in [5.41, 5.74) is 5.91. The van der Waals surface area contributed by atoms with Gasteiger partial charge in [0, 0.05) is 6.54 Å². The summed E-state index contributed by atoms with van der Waals surface area (Å²) in [5.74, 6) is 0.860. The first-order valence-corrected chi connectivity index (χ1v) is 8.03. The Balaban J connectivity index is 1.88. The zero-order chi connectivity index (χ0) is 15.1. The van der Waals surface area contributed by atoms with Crippen molar-refractivity contribution in [2.45, 2.75) is 51.1 Å². The van der Waals surface area contributed by atoms with Crippen LogP contribution in [-0.4, -0.2) is 36.5 Å². The highest BCUT2D eigenvalue weighted by Crippen LogP contribution is 2.24. The van der Waals surface area contributed by atoms with Gasteiger partial charge in [0.15, 0.2) is 0 Å². The van der Waals surface area contributed by atoms with Gasteiger partial charge < -0.3 is 15.5 Å². The maximum atomic E-state index is 12.1. The molecule has 0 saturated carbocycles. The minimum absolute atomic E-state index is 0.0563. The second kappa shape index (κ2) is 8.20. The molecule has 1 aromatic rings. The number of amides is 1. The highest BCUT2D eigenvalue weighted by atomic mass is 16.3. The van der Waals surface area contributed by atoms with Gasteiger partial charge in [-0.25, -0.2) is 0 Å². The SMILES string of the molecule is CCCC[C@H](N)C(=O)NCC(c1ccco1)N1CCCC1. The van der Waals surface area contributed by atoms with Gasteiger partial charge in [0.05, 0.1) is 18.3 Å². The number of furan rings is 1. The summed E-state index contributed by atoms with van der Waals surface area (Å²) in [4.78, 5) is 14.4. The zero-order valence-corrected chi connectivity index (χ0v) is 12.9. The molecule has 0 bridgehead atoms. The van der Waals surface area contributed by atoms with E-state index in [4.69, 9.17) is 10.2 Å². The second-order valence-electron chi connectivity index (χ2n) is 5.77. The van der Waals surface area contributed by atoms with Crippen molar-refractivity contribution in [2.75, 3.05) is 19.6 Å². The van der Waals surface area contributed by atoms with Crippen LogP contribution in [-0.2, 0) is 4.79 Å². The Kier molecular flexibility index (Phi) is 6.26. The number of hydrogen-bond donors (Lipinski definition) is 2. The summed E-state index contributed by atoms with van der Waals surface area (Å²) in [6.07, 6.45) is 6.90. The summed E-state index contributed by atoms with van der Waals surface area (Å²) in [6.45, 7) is 4.78. The van der Waals surface area contributed by atoms with Gasteiger partial charge in [-0.15, -0.1) is 0 Å². The normalized spacial score (nSPS) is 18.6. The van der Waals surface area contributed by atoms with Gasteiger partial charge in [-0.1, -0.05) is 19.8 Å². The Hall–Kier alpha value is -1.33. The van der Waals surface area contributed by atoms with Gasteiger partial charge >= 0.3 is 0 Å². The van der Waals surface area contributed by atoms with Crippen LogP contribution in [0.5, 0.6) is 0 Å². The van der Waals surface area contributed by atoms with Crippen LogP contribution in [0.25, 0.3) is 0 Å². The summed E-state index contributed by atoms with van der Waals surface area (Å²) >= 11 is 0. The maximum absolute atomic E-state index is 12.1. The minimum Gasteiger partial charge on any atom is -0.468 e. The van der Waals surface area contributed by atoms with Gasteiger partial charge in [0.2, 0.25) is 5.91 Å². The summed E-state index contributed by atoms with van der Waals surface area (Å²) in [5, 5.41) is 2.99. The first-order valence-electron chi connectivity index (χ1n) is 8.03. The molecule has 0 radical (unpaired) electrons. The Labute approximate surface area is 126 Å². The van der Waals surface area contributed by atoms with E-state index in [1.807, 2.05) is 12.1 Å². The van der Waals surface area contributed by atoms with Crippen molar-refractivity contribution < 1.29 is 9.21 Å². The van der Waals surface area contributed by atoms with Crippen LogP contribution in [0.3, 0.4) is 0 Å². The third-order valence-electron chi connectivity index (χ3n) is 4.13. The molecule has 1 aliphatic heterocycles. The van der Waals surface area contributed by atoms with E-state index in [1.165, 1.54) is 12.8 Å². The first kappa shape index (κ1) is 16.0. The molecule has 1 aromatic heterocycles. The number of carbonyl (C=O) groups excluding carboxylic acids is 1.